The zero-order chi connectivity index (χ0) is 23.5. The number of aromatic nitrogens is 7. The van der Waals surface area contributed by atoms with Crippen LogP contribution in [0.25, 0.3) is 33.9 Å². The molecule has 0 unspecified atom stereocenters. The second-order valence-corrected chi connectivity index (χ2v) is 8.50. The highest BCUT2D eigenvalue weighted by molar-refractivity contribution is 5.81. The van der Waals surface area contributed by atoms with E-state index in [1.54, 1.807) is 18.2 Å². The summed E-state index contributed by atoms with van der Waals surface area (Å²) in [6, 6.07) is 8.61. The van der Waals surface area contributed by atoms with E-state index in [0.29, 0.717) is 35.3 Å². The fourth-order valence-corrected chi connectivity index (χ4v) is 3.94. The normalized spacial score (nSPS) is 13.4. The van der Waals surface area contributed by atoms with E-state index in [4.69, 9.17) is 4.74 Å². The van der Waals surface area contributed by atoms with Crippen molar-refractivity contribution in [2.24, 2.45) is 0 Å². The zero-order valence-corrected chi connectivity index (χ0v) is 18.9. The highest BCUT2D eigenvalue weighted by atomic mass is 19.1. The Kier molecular flexibility index (Phi) is 6.20. The molecule has 0 bridgehead atoms. The highest BCUT2D eigenvalue weighted by Gasteiger charge is 2.26. The Morgan fingerprint density at radius 2 is 2.03 bits per heavy atom. The number of benzene rings is 1. The Bertz CT molecular complexity index is 1330. The lowest BCUT2D eigenvalue weighted by Crippen LogP contribution is -2.13. The van der Waals surface area contributed by atoms with Gasteiger partial charge in [0, 0.05) is 23.4 Å². The van der Waals surface area contributed by atoms with Gasteiger partial charge in [-0.3, -0.25) is 9.48 Å². The van der Waals surface area contributed by atoms with Crippen LogP contribution in [0.4, 0.5) is 4.39 Å². The molecular weight excluding hydrogens is 437 g/mol. The molecule has 1 aliphatic rings. The molecule has 0 radical (unpaired) electrons. The van der Waals surface area contributed by atoms with Gasteiger partial charge in [-0.05, 0) is 48.7 Å². The maximum Gasteiger partial charge on any atom is 0.260 e. The largest absolute Gasteiger partial charge is 0.493 e. The lowest BCUT2D eigenvalue weighted by molar-refractivity contribution is 0.303. The summed E-state index contributed by atoms with van der Waals surface area (Å²) in [7, 11) is 0. The van der Waals surface area contributed by atoms with Crippen molar-refractivity contribution in [2.45, 2.75) is 51.5 Å². The molecular formula is C24H26FN7O2. The molecule has 4 aromatic rings. The summed E-state index contributed by atoms with van der Waals surface area (Å²) < 4.78 is 22.6. The first kappa shape index (κ1) is 22.0. The molecule has 1 saturated carbocycles. The van der Waals surface area contributed by atoms with Gasteiger partial charge in [-0.15, -0.1) is 10.2 Å². The van der Waals surface area contributed by atoms with Gasteiger partial charge in [-0.25, -0.2) is 4.39 Å². The SMILES string of the molecule is CCCCCCOc1ccc(-c2cc(-c3ccn(C4CC4)n3)c(-c3nn[nH]n3)c(=O)[nH]2)c(F)c1. The molecule has 176 valence electrons. The van der Waals surface area contributed by atoms with Gasteiger partial charge in [0.25, 0.3) is 5.56 Å². The summed E-state index contributed by atoms with van der Waals surface area (Å²) in [6.07, 6.45) is 8.38. The third-order valence-electron chi connectivity index (χ3n) is 5.90. The van der Waals surface area contributed by atoms with E-state index in [1.807, 2.05) is 16.9 Å². The first-order chi connectivity index (χ1) is 16.6. The second-order valence-electron chi connectivity index (χ2n) is 8.50. The lowest BCUT2D eigenvalue weighted by Gasteiger charge is -2.11. The van der Waals surface area contributed by atoms with Gasteiger partial charge >= 0.3 is 0 Å². The summed E-state index contributed by atoms with van der Waals surface area (Å²) in [6.45, 7) is 2.70. The van der Waals surface area contributed by atoms with Crippen LogP contribution in [-0.2, 0) is 0 Å². The van der Waals surface area contributed by atoms with Crippen molar-refractivity contribution >= 4 is 0 Å². The molecule has 34 heavy (non-hydrogen) atoms. The topological polar surface area (TPSA) is 114 Å². The standard InChI is InChI=1S/C24H26FN7O2/c1-2-3-4-5-12-34-16-8-9-17(19(25)13-16)21-14-18(20-10-11-32(29-20)15-6-7-15)22(24(33)26-21)23-27-30-31-28-23/h8-11,13-15H,2-7,12H2,1H3,(H,26,33)(H,27,28,30,31). The zero-order valence-electron chi connectivity index (χ0n) is 18.9. The summed E-state index contributed by atoms with van der Waals surface area (Å²) in [5, 5.41) is 18.5. The molecule has 9 nitrogen and oxygen atoms in total. The molecule has 1 aromatic carbocycles. The van der Waals surface area contributed by atoms with Gasteiger partial charge in [0.2, 0.25) is 5.82 Å². The third-order valence-corrected chi connectivity index (χ3v) is 5.90. The Balaban J connectivity index is 1.49. The number of nitrogens with one attached hydrogen (secondary N) is 2. The summed E-state index contributed by atoms with van der Waals surface area (Å²) in [5.41, 5.74) is 1.47. The smallest absolute Gasteiger partial charge is 0.260 e. The van der Waals surface area contributed by atoms with E-state index in [0.717, 1.165) is 38.5 Å². The molecule has 0 saturated heterocycles. The maximum absolute atomic E-state index is 15.1. The van der Waals surface area contributed by atoms with E-state index in [2.05, 4.69) is 37.6 Å². The van der Waals surface area contributed by atoms with Crippen LogP contribution in [0.3, 0.4) is 0 Å². The Morgan fingerprint density at radius 3 is 2.76 bits per heavy atom. The fraction of sp³-hybridized carbons (Fsp3) is 0.375. The molecule has 1 fully saturated rings. The molecule has 0 aliphatic heterocycles. The van der Waals surface area contributed by atoms with Gasteiger partial charge in [-0.1, -0.05) is 26.2 Å². The first-order valence-corrected chi connectivity index (χ1v) is 11.6. The van der Waals surface area contributed by atoms with Gasteiger partial charge < -0.3 is 9.72 Å². The first-order valence-electron chi connectivity index (χ1n) is 11.6. The molecule has 0 spiro atoms. The molecule has 3 heterocycles. The monoisotopic (exact) mass is 463 g/mol. The van der Waals surface area contributed by atoms with Crippen molar-refractivity contribution in [1.29, 1.82) is 0 Å². The van der Waals surface area contributed by atoms with Crippen LogP contribution in [0.5, 0.6) is 5.75 Å². The predicted molar refractivity (Wildman–Crippen MR) is 125 cm³/mol. The number of unbranched alkanes of at least 4 members (excludes halogenated alkanes) is 3. The molecule has 2 N–H and O–H groups in total. The third kappa shape index (κ3) is 4.61. The highest BCUT2D eigenvalue weighted by Crippen LogP contribution is 2.36. The number of aromatic amines is 2. The van der Waals surface area contributed by atoms with Crippen LogP contribution >= 0.6 is 0 Å². The molecule has 3 aromatic heterocycles. The van der Waals surface area contributed by atoms with Crippen molar-refractivity contribution in [3.05, 3.63) is 52.7 Å². The van der Waals surface area contributed by atoms with E-state index < -0.39 is 11.4 Å². The van der Waals surface area contributed by atoms with Crippen molar-refractivity contribution in [1.82, 2.24) is 35.4 Å². The molecule has 0 amide bonds. The van der Waals surface area contributed by atoms with Crippen LogP contribution in [0.15, 0.2) is 41.3 Å². The van der Waals surface area contributed by atoms with Crippen LogP contribution in [0, 0.1) is 5.82 Å². The minimum Gasteiger partial charge on any atom is -0.493 e. The molecule has 0 atom stereocenters. The summed E-state index contributed by atoms with van der Waals surface area (Å²) >= 11 is 0. The number of pyridine rings is 1. The summed E-state index contributed by atoms with van der Waals surface area (Å²) in [5.74, 6) is 0.131. The molecule has 10 heteroatoms. The van der Waals surface area contributed by atoms with E-state index in [9.17, 15) is 4.79 Å². The summed E-state index contributed by atoms with van der Waals surface area (Å²) in [4.78, 5) is 15.9. The number of rotatable bonds is 10. The minimum atomic E-state index is -0.483. The van der Waals surface area contributed by atoms with E-state index >= 15 is 4.39 Å². The van der Waals surface area contributed by atoms with Crippen LogP contribution in [-0.4, -0.2) is 42.0 Å². The number of nitrogens with zero attached hydrogens (tertiary/aromatic N) is 5. The number of H-pyrrole nitrogens is 2. The molecule has 1 aliphatic carbocycles. The average molecular weight is 464 g/mol. The van der Waals surface area contributed by atoms with Crippen molar-refractivity contribution in [3.8, 4) is 39.7 Å². The Morgan fingerprint density at radius 1 is 1.15 bits per heavy atom. The fourth-order valence-electron chi connectivity index (χ4n) is 3.94. The predicted octanol–water partition coefficient (Wildman–Crippen LogP) is 4.52. The minimum absolute atomic E-state index is 0.149. The number of ether oxygens (including phenoxy) is 1. The van der Waals surface area contributed by atoms with E-state index in [1.165, 1.54) is 6.07 Å². The number of halogens is 1. The van der Waals surface area contributed by atoms with Crippen molar-refractivity contribution in [3.63, 3.8) is 0 Å². The molecule has 5 rings (SSSR count). The maximum atomic E-state index is 15.1. The second kappa shape index (κ2) is 9.58. The van der Waals surface area contributed by atoms with Crippen LogP contribution in [0.1, 0.15) is 51.5 Å². The average Bonchev–Trinajstić information content (AvgIpc) is 3.31. The van der Waals surface area contributed by atoms with E-state index in [-0.39, 0.29) is 17.0 Å². The van der Waals surface area contributed by atoms with Crippen LogP contribution < -0.4 is 10.3 Å². The number of tetrazole rings is 1. The van der Waals surface area contributed by atoms with Gasteiger partial charge in [0.05, 0.1) is 29.6 Å². The Hall–Kier alpha value is -3.82. The Labute approximate surface area is 195 Å². The van der Waals surface area contributed by atoms with Crippen molar-refractivity contribution < 1.29 is 9.13 Å². The van der Waals surface area contributed by atoms with Gasteiger partial charge in [-0.2, -0.15) is 10.3 Å². The lowest BCUT2D eigenvalue weighted by atomic mass is 10.0. The van der Waals surface area contributed by atoms with Crippen LogP contribution in [0.2, 0.25) is 0 Å². The number of hydrogen-bond donors (Lipinski definition) is 2. The number of hydrogen-bond acceptors (Lipinski definition) is 6. The van der Waals surface area contributed by atoms with Gasteiger partial charge in [0.1, 0.15) is 11.6 Å². The quantitative estimate of drug-likeness (QED) is 0.334. The van der Waals surface area contributed by atoms with Crippen molar-refractivity contribution in [2.75, 3.05) is 6.61 Å². The van der Waals surface area contributed by atoms with Gasteiger partial charge in [0.15, 0.2) is 0 Å².